The van der Waals surface area contributed by atoms with E-state index in [2.05, 4.69) is 4.72 Å². The van der Waals surface area contributed by atoms with Crippen molar-refractivity contribution in [3.05, 3.63) is 28.8 Å². The Bertz CT molecular complexity index is 562. The predicted molar refractivity (Wildman–Crippen MR) is 71.6 cm³/mol. The first kappa shape index (κ1) is 14.8. The standard InChI is InChI=1S/C11H14ClN3O2S/c1-3-15(4-2)18(16,17)14-11-6-5-9(8-13)7-10(11)12/h5-7,14H,3-4H2,1-2H3. The van der Waals surface area contributed by atoms with Crippen LogP contribution in [-0.4, -0.2) is 25.8 Å². The molecule has 1 N–H and O–H groups in total. The van der Waals surface area contributed by atoms with Gasteiger partial charge >= 0.3 is 10.2 Å². The third-order valence-electron chi connectivity index (χ3n) is 2.38. The number of nitrogens with one attached hydrogen (secondary N) is 1. The molecule has 0 unspecified atom stereocenters. The first-order chi connectivity index (χ1) is 8.44. The van der Waals surface area contributed by atoms with Crippen LogP contribution in [0.15, 0.2) is 18.2 Å². The lowest BCUT2D eigenvalue weighted by Crippen LogP contribution is -2.35. The van der Waals surface area contributed by atoms with Crippen molar-refractivity contribution < 1.29 is 8.42 Å². The SMILES string of the molecule is CCN(CC)S(=O)(=O)Nc1ccc(C#N)cc1Cl. The smallest absolute Gasteiger partial charge is 0.269 e. The van der Waals surface area contributed by atoms with Gasteiger partial charge in [-0.2, -0.15) is 18.0 Å². The van der Waals surface area contributed by atoms with E-state index in [0.717, 1.165) is 0 Å². The molecule has 5 nitrogen and oxygen atoms in total. The molecule has 0 bridgehead atoms. The van der Waals surface area contributed by atoms with Crippen molar-refractivity contribution >= 4 is 27.5 Å². The predicted octanol–water partition coefficient (Wildman–Crippen LogP) is 2.21. The van der Waals surface area contributed by atoms with Gasteiger partial charge in [-0.05, 0) is 18.2 Å². The number of halogens is 1. The van der Waals surface area contributed by atoms with E-state index >= 15 is 0 Å². The molecule has 0 radical (unpaired) electrons. The molecule has 0 aliphatic rings. The van der Waals surface area contributed by atoms with Gasteiger partial charge in [0.1, 0.15) is 0 Å². The van der Waals surface area contributed by atoms with Gasteiger partial charge in [-0.1, -0.05) is 25.4 Å². The van der Waals surface area contributed by atoms with Crippen molar-refractivity contribution in [1.82, 2.24) is 4.31 Å². The second-order valence-corrected chi connectivity index (χ2v) is 5.58. The van der Waals surface area contributed by atoms with Crippen molar-refractivity contribution in [3.8, 4) is 6.07 Å². The van der Waals surface area contributed by atoms with Gasteiger partial charge in [-0.15, -0.1) is 0 Å². The van der Waals surface area contributed by atoms with Crippen molar-refractivity contribution in [1.29, 1.82) is 5.26 Å². The van der Waals surface area contributed by atoms with Gasteiger partial charge in [0, 0.05) is 13.1 Å². The number of anilines is 1. The molecule has 0 aliphatic carbocycles. The van der Waals surface area contributed by atoms with E-state index in [1.165, 1.54) is 22.5 Å². The molecule has 0 aromatic heterocycles. The van der Waals surface area contributed by atoms with Gasteiger partial charge in [0.15, 0.2) is 0 Å². The summed E-state index contributed by atoms with van der Waals surface area (Å²) in [5.74, 6) is 0. The van der Waals surface area contributed by atoms with Gasteiger partial charge in [0.2, 0.25) is 0 Å². The molecular formula is C11H14ClN3O2S. The van der Waals surface area contributed by atoms with E-state index in [1.807, 2.05) is 6.07 Å². The quantitative estimate of drug-likeness (QED) is 0.902. The Balaban J connectivity index is 3.02. The van der Waals surface area contributed by atoms with Gasteiger partial charge in [-0.25, -0.2) is 0 Å². The van der Waals surface area contributed by atoms with E-state index in [9.17, 15) is 8.42 Å². The maximum Gasteiger partial charge on any atom is 0.301 e. The van der Waals surface area contributed by atoms with Gasteiger partial charge < -0.3 is 0 Å². The highest BCUT2D eigenvalue weighted by Crippen LogP contribution is 2.24. The summed E-state index contributed by atoms with van der Waals surface area (Å²) in [5, 5.41) is 8.89. The Hall–Kier alpha value is -1.29. The second kappa shape index (κ2) is 6.05. The Kier molecular flexibility index (Phi) is 4.96. The summed E-state index contributed by atoms with van der Waals surface area (Å²) in [6.45, 7) is 4.26. The third kappa shape index (κ3) is 3.35. The van der Waals surface area contributed by atoms with Gasteiger partial charge in [-0.3, -0.25) is 4.72 Å². The van der Waals surface area contributed by atoms with Crippen LogP contribution < -0.4 is 4.72 Å². The molecule has 0 amide bonds. The second-order valence-electron chi connectivity index (χ2n) is 3.50. The molecule has 98 valence electrons. The molecule has 1 rings (SSSR count). The van der Waals surface area contributed by atoms with E-state index in [4.69, 9.17) is 16.9 Å². The largest absolute Gasteiger partial charge is 0.301 e. The molecular weight excluding hydrogens is 274 g/mol. The minimum atomic E-state index is -3.60. The highest BCUT2D eigenvalue weighted by molar-refractivity contribution is 7.90. The summed E-state index contributed by atoms with van der Waals surface area (Å²) in [6.07, 6.45) is 0. The molecule has 0 saturated heterocycles. The van der Waals surface area contributed by atoms with Crippen molar-refractivity contribution in [3.63, 3.8) is 0 Å². The summed E-state index contributed by atoms with van der Waals surface area (Å²) < 4.78 is 27.6. The summed E-state index contributed by atoms with van der Waals surface area (Å²) >= 11 is 5.91. The highest BCUT2D eigenvalue weighted by Gasteiger charge is 2.19. The summed E-state index contributed by atoms with van der Waals surface area (Å²) in [7, 11) is -3.60. The minimum Gasteiger partial charge on any atom is -0.269 e. The Morgan fingerprint density at radius 1 is 1.39 bits per heavy atom. The number of nitriles is 1. The Labute approximate surface area is 112 Å². The number of nitrogens with zero attached hydrogens (tertiary/aromatic N) is 2. The van der Waals surface area contributed by atoms with Crippen molar-refractivity contribution in [2.75, 3.05) is 17.8 Å². The molecule has 0 spiro atoms. The lowest BCUT2D eigenvalue weighted by Gasteiger charge is -2.19. The van der Waals surface area contributed by atoms with Crippen LogP contribution in [0.2, 0.25) is 5.02 Å². The molecule has 0 saturated carbocycles. The first-order valence-electron chi connectivity index (χ1n) is 5.42. The number of hydrogen-bond acceptors (Lipinski definition) is 3. The average Bonchev–Trinajstić information content (AvgIpc) is 2.32. The van der Waals surface area contributed by atoms with Gasteiger partial charge in [0.05, 0.1) is 22.3 Å². The molecule has 0 atom stereocenters. The molecule has 1 aromatic carbocycles. The number of hydrogen-bond donors (Lipinski definition) is 1. The van der Waals surface area contributed by atoms with Gasteiger partial charge in [0.25, 0.3) is 0 Å². The van der Waals surface area contributed by atoms with Crippen LogP contribution >= 0.6 is 11.6 Å². The zero-order chi connectivity index (χ0) is 13.8. The van der Waals surface area contributed by atoms with E-state index < -0.39 is 10.2 Å². The first-order valence-corrected chi connectivity index (χ1v) is 7.24. The van der Waals surface area contributed by atoms with Crippen LogP contribution in [-0.2, 0) is 10.2 Å². The van der Waals surface area contributed by atoms with E-state index in [1.54, 1.807) is 13.8 Å². The Morgan fingerprint density at radius 3 is 2.44 bits per heavy atom. The molecule has 0 aliphatic heterocycles. The lowest BCUT2D eigenvalue weighted by molar-refractivity contribution is 0.449. The van der Waals surface area contributed by atoms with Crippen LogP contribution in [0.5, 0.6) is 0 Å². The molecule has 1 aromatic rings. The minimum absolute atomic E-state index is 0.199. The topological polar surface area (TPSA) is 73.2 Å². The normalized spacial score (nSPS) is 11.3. The fraction of sp³-hybridized carbons (Fsp3) is 0.364. The van der Waals surface area contributed by atoms with Crippen LogP contribution in [0.25, 0.3) is 0 Å². The van der Waals surface area contributed by atoms with Crippen molar-refractivity contribution in [2.45, 2.75) is 13.8 Å². The molecule has 7 heteroatoms. The van der Waals surface area contributed by atoms with E-state index in [-0.39, 0.29) is 10.7 Å². The summed E-state index contributed by atoms with van der Waals surface area (Å²) in [6, 6.07) is 6.33. The maximum absolute atomic E-state index is 12.0. The zero-order valence-electron chi connectivity index (χ0n) is 10.1. The third-order valence-corrected chi connectivity index (χ3v) is 4.37. The molecule has 18 heavy (non-hydrogen) atoms. The summed E-state index contributed by atoms with van der Waals surface area (Å²) in [5.41, 5.74) is 0.647. The Morgan fingerprint density at radius 2 is 2.00 bits per heavy atom. The maximum atomic E-state index is 12.0. The van der Waals surface area contributed by atoms with Crippen LogP contribution in [0.1, 0.15) is 19.4 Å². The van der Waals surface area contributed by atoms with Crippen LogP contribution in [0.3, 0.4) is 0 Å². The number of rotatable bonds is 5. The fourth-order valence-corrected chi connectivity index (χ4v) is 2.98. The van der Waals surface area contributed by atoms with Crippen LogP contribution in [0, 0.1) is 11.3 Å². The highest BCUT2D eigenvalue weighted by atomic mass is 35.5. The van der Waals surface area contributed by atoms with E-state index in [0.29, 0.717) is 18.7 Å². The van der Waals surface area contributed by atoms with Crippen LogP contribution in [0.4, 0.5) is 5.69 Å². The number of benzene rings is 1. The average molecular weight is 288 g/mol. The monoisotopic (exact) mass is 287 g/mol. The molecule has 0 heterocycles. The summed E-state index contributed by atoms with van der Waals surface area (Å²) in [4.78, 5) is 0. The zero-order valence-corrected chi connectivity index (χ0v) is 11.7. The lowest BCUT2D eigenvalue weighted by atomic mass is 10.2. The molecule has 0 fully saturated rings. The van der Waals surface area contributed by atoms with Crippen molar-refractivity contribution in [2.24, 2.45) is 0 Å². The fourth-order valence-electron chi connectivity index (χ4n) is 1.43.